The van der Waals surface area contributed by atoms with E-state index in [-0.39, 0.29) is 0 Å². The van der Waals surface area contributed by atoms with Gasteiger partial charge in [-0.1, -0.05) is 101 Å². The molecule has 0 aliphatic carbocycles. The largest absolute Gasteiger partial charge is 0.0616 e. The van der Waals surface area contributed by atoms with Crippen LogP contribution in [0.4, 0.5) is 0 Å². The van der Waals surface area contributed by atoms with Crippen molar-refractivity contribution in [2.24, 2.45) is 0 Å². The summed E-state index contributed by atoms with van der Waals surface area (Å²) in [6.45, 7) is 3.91. The molecule has 131 valence electrons. The van der Waals surface area contributed by atoms with Crippen molar-refractivity contribution >= 4 is 21.5 Å². The minimum absolute atomic E-state index is 1.10. The van der Waals surface area contributed by atoms with E-state index in [0.29, 0.717) is 0 Å². The Kier molecular flexibility index (Phi) is 6.91. The van der Waals surface area contributed by atoms with Gasteiger partial charge in [-0.3, -0.25) is 0 Å². The van der Waals surface area contributed by atoms with Crippen LogP contribution in [-0.2, 0) is 6.42 Å². The molecular formula is C25H31. The third-order valence-electron chi connectivity index (χ3n) is 5.28. The van der Waals surface area contributed by atoms with Gasteiger partial charge in [-0.15, -0.1) is 0 Å². The van der Waals surface area contributed by atoms with Gasteiger partial charge in [-0.2, -0.15) is 0 Å². The molecule has 25 heavy (non-hydrogen) atoms. The van der Waals surface area contributed by atoms with Crippen LogP contribution in [0.2, 0.25) is 0 Å². The number of hydrogen-bond acceptors (Lipinski definition) is 0. The molecule has 0 spiro atoms. The van der Waals surface area contributed by atoms with Crippen LogP contribution < -0.4 is 0 Å². The Morgan fingerprint density at radius 3 is 1.88 bits per heavy atom. The van der Waals surface area contributed by atoms with Gasteiger partial charge in [0.2, 0.25) is 0 Å². The molecule has 0 heteroatoms. The third kappa shape index (κ3) is 5.08. The molecule has 0 heterocycles. The lowest BCUT2D eigenvalue weighted by Crippen LogP contribution is -1.89. The molecule has 0 N–H and O–H groups in total. The van der Waals surface area contributed by atoms with Crippen LogP contribution in [0, 0.1) is 6.92 Å². The quantitative estimate of drug-likeness (QED) is 0.262. The van der Waals surface area contributed by atoms with Gasteiger partial charge < -0.3 is 0 Å². The topological polar surface area (TPSA) is 0 Å². The van der Waals surface area contributed by atoms with Crippen molar-refractivity contribution in [1.82, 2.24) is 0 Å². The lowest BCUT2D eigenvalue weighted by molar-refractivity contribution is 0.569. The number of fused-ring (bicyclic) bond motifs is 2. The third-order valence-corrected chi connectivity index (χ3v) is 5.28. The number of aryl methyl sites for hydroxylation is 1. The fourth-order valence-electron chi connectivity index (χ4n) is 3.80. The Labute approximate surface area is 153 Å². The number of rotatable bonds is 10. The predicted octanol–water partition coefficient (Wildman–Crippen LogP) is 7.88. The normalized spacial score (nSPS) is 11.4. The summed E-state index contributed by atoms with van der Waals surface area (Å²) in [5.74, 6) is 0. The average molecular weight is 332 g/mol. The Morgan fingerprint density at radius 2 is 1.16 bits per heavy atom. The summed E-state index contributed by atoms with van der Waals surface area (Å²) < 4.78 is 0. The number of unbranched alkanes of at least 4 members (excludes halogenated alkanes) is 8. The Morgan fingerprint density at radius 1 is 0.560 bits per heavy atom. The van der Waals surface area contributed by atoms with Gasteiger partial charge >= 0.3 is 0 Å². The first-order valence-electron chi connectivity index (χ1n) is 10.1. The van der Waals surface area contributed by atoms with Crippen LogP contribution in [0.25, 0.3) is 21.5 Å². The number of benzene rings is 3. The molecule has 0 fully saturated rings. The van der Waals surface area contributed by atoms with E-state index in [2.05, 4.69) is 61.5 Å². The summed E-state index contributed by atoms with van der Waals surface area (Å²) >= 11 is 0. The van der Waals surface area contributed by atoms with Crippen molar-refractivity contribution in [2.45, 2.75) is 64.2 Å². The fourth-order valence-corrected chi connectivity index (χ4v) is 3.80. The van der Waals surface area contributed by atoms with Crippen LogP contribution in [0.3, 0.4) is 0 Å². The molecule has 0 amide bonds. The van der Waals surface area contributed by atoms with E-state index in [1.165, 1.54) is 84.9 Å². The molecule has 0 nitrogen and oxygen atoms in total. The minimum Gasteiger partial charge on any atom is -0.0616 e. The summed E-state index contributed by atoms with van der Waals surface area (Å²) in [5.41, 5.74) is 1.51. The maximum absolute atomic E-state index is 3.91. The summed E-state index contributed by atoms with van der Waals surface area (Å²) in [7, 11) is 0. The van der Waals surface area contributed by atoms with E-state index in [1.54, 1.807) is 0 Å². The highest BCUT2D eigenvalue weighted by Gasteiger charge is 2.03. The second-order valence-electron chi connectivity index (χ2n) is 7.27. The molecule has 0 unspecified atom stereocenters. The molecule has 1 radical (unpaired) electrons. The lowest BCUT2D eigenvalue weighted by atomic mass is 9.96. The molecule has 3 rings (SSSR count). The van der Waals surface area contributed by atoms with Crippen molar-refractivity contribution < 1.29 is 0 Å². The van der Waals surface area contributed by atoms with Crippen LogP contribution in [0.15, 0.2) is 54.6 Å². The van der Waals surface area contributed by atoms with Crippen molar-refractivity contribution in [2.75, 3.05) is 0 Å². The molecule has 0 saturated heterocycles. The molecule has 0 saturated carbocycles. The Balaban J connectivity index is 1.52. The second-order valence-corrected chi connectivity index (χ2v) is 7.27. The minimum atomic E-state index is 1.10. The first-order chi connectivity index (χ1) is 12.4. The highest BCUT2D eigenvalue weighted by molar-refractivity contribution is 5.99. The van der Waals surface area contributed by atoms with Crippen LogP contribution in [0.1, 0.15) is 63.4 Å². The molecule has 0 aromatic heterocycles. The van der Waals surface area contributed by atoms with E-state index in [4.69, 9.17) is 0 Å². The zero-order chi connectivity index (χ0) is 17.3. The van der Waals surface area contributed by atoms with Gasteiger partial charge in [-0.25, -0.2) is 0 Å². The van der Waals surface area contributed by atoms with E-state index >= 15 is 0 Å². The van der Waals surface area contributed by atoms with Crippen molar-refractivity contribution in [3.05, 3.63) is 67.1 Å². The highest BCUT2D eigenvalue weighted by Crippen LogP contribution is 2.26. The first kappa shape index (κ1) is 18.0. The van der Waals surface area contributed by atoms with Gasteiger partial charge in [-0.05, 0) is 52.1 Å². The fraction of sp³-hybridized carbons (Fsp3) is 0.400. The average Bonchev–Trinajstić information content (AvgIpc) is 2.65. The molecule has 0 bridgehead atoms. The van der Waals surface area contributed by atoms with E-state index in [9.17, 15) is 0 Å². The maximum Gasteiger partial charge on any atom is -0.0146 e. The first-order valence-corrected chi connectivity index (χ1v) is 10.1. The molecule has 0 aliphatic heterocycles. The zero-order valence-electron chi connectivity index (χ0n) is 15.5. The monoisotopic (exact) mass is 331 g/mol. The van der Waals surface area contributed by atoms with Crippen molar-refractivity contribution in [3.8, 4) is 0 Å². The van der Waals surface area contributed by atoms with Crippen molar-refractivity contribution in [3.63, 3.8) is 0 Å². The van der Waals surface area contributed by atoms with Gasteiger partial charge in [0.05, 0.1) is 0 Å². The Hall–Kier alpha value is -1.82. The Bertz CT molecular complexity index is 784. The van der Waals surface area contributed by atoms with Crippen molar-refractivity contribution in [1.29, 1.82) is 0 Å². The summed E-state index contributed by atoms with van der Waals surface area (Å²) in [5, 5.41) is 5.51. The van der Waals surface area contributed by atoms with E-state index in [0.717, 1.165) is 6.42 Å². The zero-order valence-corrected chi connectivity index (χ0v) is 15.5. The van der Waals surface area contributed by atoms with Gasteiger partial charge in [0.15, 0.2) is 0 Å². The van der Waals surface area contributed by atoms with Gasteiger partial charge in [0.1, 0.15) is 0 Å². The number of hydrogen-bond donors (Lipinski definition) is 0. The molecule has 0 aliphatic rings. The molecule has 3 aromatic rings. The van der Waals surface area contributed by atoms with Crippen LogP contribution >= 0.6 is 0 Å². The molecule has 0 atom stereocenters. The summed E-state index contributed by atoms with van der Waals surface area (Å²) in [4.78, 5) is 0. The SMILES string of the molecule is [CH2]CCCCCCCCCCc1cccc2cc3ccccc3cc12. The lowest BCUT2D eigenvalue weighted by Gasteiger charge is -2.09. The van der Waals surface area contributed by atoms with Gasteiger partial charge in [0, 0.05) is 0 Å². The van der Waals surface area contributed by atoms with E-state index in [1.807, 2.05) is 0 Å². The molecule has 3 aromatic carbocycles. The summed E-state index contributed by atoms with van der Waals surface area (Å²) in [6.07, 6.45) is 13.2. The van der Waals surface area contributed by atoms with E-state index < -0.39 is 0 Å². The smallest absolute Gasteiger partial charge is 0.0146 e. The second kappa shape index (κ2) is 9.61. The van der Waals surface area contributed by atoms with Gasteiger partial charge in [0.25, 0.3) is 0 Å². The maximum atomic E-state index is 3.91. The van der Waals surface area contributed by atoms with Crippen LogP contribution in [-0.4, -0.2) is 0 Å². The highest BCUT2D eigenvalue weighted by atomic mass is 14.1. The molecular weight excluding hydrogens is 300 g/mol. The van der Waals surface area contributed by atoms with Crippen LogP contribution in [0.5, 0.6) is 0 Å². The summed E-state index contributed by atoms with van der Waals surface area (Å²) in [6, 6.07) is 20.2. The predicted molar refractivity (Wildman–Crippen MR) is 112 cm³/mol. The standard InChI is InChI=1S/C25H31/c1-2-3-4-5-6-7-8-9-10-14-21-17-13-18-24-19-22-15-11-12-16-23(22)20-25(21)24/h11-13,15-20H,1-10,14H2.